The van der Waals surface area contributed by atoms with Crippen LogP contribution in [-0.2, 0) is 4.79 Å². The van der Waals surface area contributed by atoms with Gasteiger partial charge in [-0.1, -0.05) is 56.3 Å². The number of allylic oxidation sites excluding steroid dienone is 5. The normalized spacial score (nSPS) is 20.5. The molecule has 1 heterocycles. The molecular formula is C27H27ClFN3O2S. The molecule has 1 saturated heterocycles. The molecule has 0 radical (unpaired) electrons. The summed E-state index contributed by atoms with van der Waals surface area (Å²) in [5.41, 5.74) is 0.433. The van der Waals surface area contributed by atoms with E-state index in [0.29, 0.717) is 30.2 Å². The van der Waals surface area contributed by atoms with Crippen LogP contribution in [0.5, 0.6) is 5.75 Å². The molecule has 1 fully saturated rings. The largest absolute Gasteiger partial charge is 0.508 e. The molecule has 0 spiro atoms. The van der Waals surface area contributed by atoms with Gasteiger partial charge in [0.2, 0.25) is 5.91 Å². The van der Waals surface area contributed by atoms with Gasteiger partial charge in [0.1, 0.15) is 11.5 Å². The van der Waals surface area contributed by atoms with Gasteiger partial charge in [-0.3, -0.25) is 10.2 Å². The Morgan fingerprint density at radius 1 is 1.31 bits per heavy atom. The average molecular weight is 512 g/mol. The fraction of sp³-hybridized carbons (Fsp3) is 0.259. The summed E-state index contributed by atoms with van der Waals surface area (Å²) in [5.74, 6) is -0.756. The first-order valence-corrected chi connectivity index (χ1v) is 12.2. The quantitative estimate of drug-likeness (QED) is 0.355. The van der Waals surface area contributed by atoms with Crippen molar-refractivity contribution in [1.29, 1.82) is 5.41 Å². The van der Waals surface area contributed by atoms with Crippen LogP contribution in [0.25, 0.3) is 16.3 Å². The Balaban J connectivity index is 1.76. The average Bonchev–Trinajstić information content (AvgIpc) is 2.84. The zero-order valence-corrected chi connectivity index (χ0v) is 21.2. The van der Waals surface area contributed by atoms with E-state index in [4.69, 9.17) is 29.6 Å². The van der Waals surface area contributed by atoms with Crippen molar-refractivity contribution in [2.45, 2.75) is 19.9 Å². The van der Waals surface area contributed by atoms with Crippen LogP contribution in [0.15, 0.2) is 76.6 Å². The van der Waals surface area contributed by atoms with Crippen LogP contribution in [0, 0.1) is 11.3 Å². The Morgan fingerprint density at radius 3 is 2.71 bits per heavy atom. The summed E-state index contributed by atoms with van der Waals surface area (Å²) in [4.78, 5) is 15.9. The van der Waals surface area contributed by atoms with E-state index in [1.807, 2.05) is 43.0 Å². The van der Waals surface area contributed by atoms with Gasteiger partial charge in [-0.15, -0.1) is 12.6 Å². The number of nitrogens with zero attached hydrogens (tertiary/aromatic N) is 2. The lowest BCUT2D eigenvalue weighted by atomic mass is 9.90. The predicted octanol–water partition coefficient (Wildman–Crippen LogP) is 5.88. The smallest absolute Gasteiger partial charge is 0.246 e. The second-order valence-corrected chi connectivity index (χ2v) is 9.83. The number of amides is 1. The number of fused-ring (bicyclic) bond motifs is 1. The minimum Gasteiger partial charge on any atom is -0.508 e. The molecule has 1 atom stereocenters. The molecule has 0 unspecified atom stereocenters. The SMILES string of the molecule is C=CC(=O)N1CCN(/C(S)=C2\C=C(Cl)C(c3cc(O)cc4ccccc34)=C(F)C2=N)[C@H](C(C)C)C1. The zero-order valence-electron chi connectivity index (χ0n) is 19.6. The summed E-state index contributed by atoms with van der Waals surface area (Å²) in [6.07, 6.45) is 2.86. The summed E-state index contributed by atoms with van der Waals surface area (Å²) in [7, 11) is 0. The molecule has 1 aliphatic carbocycles. The Kier molecular flexibility index (Phi) is 7.10. The van der Waals surface area contributed by atoms with Crippen molar-refractivity contribution < 1.29 is 14.3 Å². The molecule has 1 amide bonds. The van der Waals surface area contributed by atoms with Crippen LogP contribution < -0.4 is 0 Å². The number of aromatic hydroxyl groups is 1. The van der Waals surface area contributed by atoms with Gasteiger partial charge in [0, 0.05) is 36.8 Å². The summed E-state index contributed by atoms with van der Waals surface area (Å²) in [6.45, 7) is 9.10. The third-order valence-corrected chi connectivity index (χ3v) is 7.32. The molecule has 2 N–H and O–H groups in total. The minimum atomic E-state index is -0.781. The first kappa shape index (κ1) is 25.1. The Hall–Kier alpha value is -3.03. The standard InChI is InChI=1S/C27H27ClFN3O2S/c1-4-23(34)31-9-10-32(22(14-31)15(2)3)27(35)20-13-21(28)24(25(29)26(20)30)19-12-17(33)11-16-7-5-6-8-18(16)19/h4-8,11-13,15,22,30,33,35H,1,9-10,14H2,2-3H3/b27-20-,30-26?/t22-/m0/s1. The second kappa shape index (κ2) is 9.91. The molecule has 2 aliphatic rings. The number of phenols is 1. The van der Waals surface area contributed by atoms with Gasteiger partial charge in [-0.25, -0.2) is 4.39 Å². The van der Waals surface area contributed by atoms with E-state index in [0.717, 1.165) is 10.8 Å². The zero-order chi connectivity index (χ0) is 25.4. The number of benzene rings is 2. The number of carbonyl (C=O) groups excluding carboxylic acids is 1. The number of carbonyl (C=O) groups is 1. The maximum Gasteiger partial charge on any atom is 0.246 e. The minimum absolute atomic E-state index is 0.0158. The van der Waals surface area contributed by atoms with E-state index < -0.39 is 5.83 Å². The van der Waals surface area contributed by atoms with E-state index in [1.54, 1.807) is 17.0 Å². The molecular weight excluding hydrogens is 485 g/mol. The van der Waals surface area contributed by atoms with Crippen LogP contribution >= 0.6 is 24.2 Å². The number of halogens is 2. The Labute approximate surface area is 214 Å². The van der Waals surface area contributed by atoms with Gasteiger partial charge in [-0.2, -0.15) is 0 Å². The molecule has 8 heteroatoms. The van der Waals surface area contributed by atoms with Crippen molar-refractivity contribution in [3.8, 4) is 5.75 Å². The first-order chi connectivity index (χ1) is 16.6. The number of thiol groups is 1. The highest BCUT2D eigenvalue weighted by Gasteiger charge is 2.34. The number of rotatable bonds is 4. The molecule has 2 aromatic carbocycles. The van der Waals surface area contributed by atoms with Crippen LogP contribution in [0.4, 0.5) is 4.39 Å². The summed E-state index contributed by atoms with van der Waals surface area (Å²) in [5, 5.41) is 20.9. The fourth-order valence-corrected chi connectivity index (χ4v) is 5.39. The molecule has 5 nitrogen and oxygen atoms in total. The van der Waals surface area contributed by atoms with Crippen LogP contribution in [0.1, 0.15) is 19.4 Å². The second-order valence-electron chi connectivity index (χ2n) is 9.00. The van der Waals surface area contributed by atoms with Crippen LogP contribution in [0.2, 0.25) is 0 Å². The van der Waals surface area contributed by atoms with Gasteiger partial charge < -0.3 is 14.9 Å². The van der Waals surface area contributed by atoms with Crippen molar-refractivity contribution in [2.24, 2.45) is 5.92 Å². The Morgan fingerprint density at radius 2 is 2.03 bits per heavy atom. The van der Waals surface area contributed by atoms with Crippen molar-refractivity contribution in [1.82, 2.24) is 9.80 Å². The highest BCUT2D eigenvalue weighted by molar-refractivity contribution is 7.84. The molecule has 35 heavy (non-hydrogen) atoms. The van der Waals surface area contributed by atoms with Crippen molar-refractivity contribution in [3.05, 3.63) is 82.2 Å². The van der Waals surface area contributed by atoms with E-state index >= 15 is 4.39 Å². The number of piperazine rings is 1. The van der Waals surface area contributed by atoms with Gasteiger partial charge in [-0.05, 0) is 46.5 Å². The van der Waals surface area contributed by atoms with E-state index in [-0.39, 0.29) is 45.5 Å². The lowest BCUT2D eigenvalue weighted by molar-refractivity contribution is -0.128. The third-order valence-electron chi connectivity index (χ3n) is 6.52. The molecule has 1 aliphatic heterocycles. The fourth-order valence-electron chi connectivity index (χ4n) is 4.67. The number of nitrogens with one attached hydrogen (secondary N) is 1. The van der Waals surface area contributed by atoms with Crippen molar-refractivity contribution in [2.75, 3.05) is 19.6 Å². The summed E-state index contributed by atoms with van der Waals surface area (Å²) in [6, 6.07) is 10.3. The molecule has 4 rings (SSSR count). The lowest BCUT2D eigenvalue weighted by Crippen LogP contribution is -2.55. The number of hydrogen-bond acceptors (Lipinski definition) is 5. The van der Waals surface area contributed by atoms with Crippen molar-refractivity contribution in [3.63, 3.8) is 0 Å². The van der Waals surface area contributed by atoms with E-state index in [2.05, 4.69) is 6.58 Å². The van der Waals surface area contributed by atoms with E-state index in [1.165, 1.54) is 12.1 Å². The number of phenolic OH excluding ortho intramolecular Hbond substituents is 1. The predicted molar refractivity (Wildman–Crippen MR) is 143 cm³/mol. The molecule has 0 saturated carbocycles. The van der Waals surface area contributed by atoms with Gasteiger partial charge in [0.15, 0.2) is 5.83 Å². The first-order valence-electron chi connectivity index (χ1n) is 11.3. The van der Waals surface area contributed by atoms with Gasteiger partial charge in [0.05, 0.1) is 10.1 Å². The Bertz CT molecular complexity index is 1330. The molecule has 0 bridgehead atoms. The molecule has 182 valence electrons. The molecule has 0 aromatic heterocycles. The maximum atomic E-state index is 15.8. The van der Waals surface area contributed by atoms with Crippen LogP contribution in [0.3, 0.4) is 0 Å². The number of hydrogen-bond donors (Lipinski definition) is 3. The topological polar surface area (TPSA) is 67.6 Å². The monoisotopic (exact) mass is 511 g/mol. The van der Waals surface area contributed by atoms with E-state index in [9.17, 15) is 9.90 Å². The summed E-state index contributed by atoms with van der Waals surface area (Å²) >= 11 is 11.3. The van der Waals surface area contributed by atoms with Gasteiger partial charge >= 0.3 is 0 Å². The summed E-state index contributed by atoms with van der Waals surface area (Å²) < 4.78 is 15.8. The third kappa shape index (κ3) is 4.62. The van der Waals surface area contributed by atoms with Crippen molar-refractivity contribution >= 4 is 52.2 Å². The van der Waals surface area contributed by atoms with Gasteiger partial charge in [0.25, 0.3) is 0 Å². The lowest BCUT2D eigenvalue weighted by Gasteiger charge is -2.45. The highest BCUT2D eigenvalue weighted by atomic mass is 35.5. The molecule has 2 aromatic rings. The highest BCUT2D eigenvalue weighted by Crippen LogP contribution is 2.42. The van der Waals surface area contributed by atoms with Crippen LogP contribution in [-0.4, -0.2) is 52.2 Å². The maximum absolute atomic E-state index is 15.8.